The SMILES string of the molecule is CC(C)(C)OC(=O)NC1CC[C@H]2C(C)(C)C(=O)C(C#N)=C[C@]2(C)C1. The van der Waals surface area contributed by atoms with E-state index in [0.29, 0.717) is 6.42 Å². The van der Waals surface area contributed by atoms with E-state index in [1.165, 1.54) is 0 Å². The molecule has 132 valence electrons. The van der Waals surface area contributed by atoms with E-state index >= 15 is 0 Å². The number of ketones is 1. The number of carbonyl (C=O) groups excluding carboxylic acids is 2. The van der Waals surface area contributed by atoms with Crippen molar-refractivity contribution in [3.05, 3.63) is 11.6 Å². The molecule has 0 radical (unpaired) electrons. The Morgan fingerprint density at radius 2 is 1.96 bits per heavy atom. The Balaban J connectivity index is 2.19. The maximum absolute atomic E-state index is 12.5. The maximum Gasteiger partial charge on any atom is 0.407 e. The van der Waals surface area contributed by atoms with Crippen molar-refractivity contribution in [1.82, 2.24) is 5.32 Å². The molecule has 0 aromatic rings. The van der Waals surface area contributed by atoms with Gasteiger partial charge in [-0.1, -0.05) is 26.8 Å². The number of Topliss-reactive ketones (excluding diaryl/α,β-unsaturated/α-hetero) is 1. The molecule has 2 aliphatic carbocycles. The molecule has 24 heavy (non-hydrogen) atoms. The fraction of sp³-hybridized carbons (Fsp3) is 0.737. The van der Waals surface area contributed by atoms with Gasteiger partial charge < -0.3 is 10.1 Å². The van der Waals surface area contributed by atoms with Crippen molar-refractivity contribution in [3.63, 3.8) is 0 Å². The summed E-state index contributed by atoms with van der Waals surface area (Å²) in [7, 11) is 0. The summed E-state index contributed by atoms with van der Waals surface area (Å²) in [5, 5.41) is 12.3. The highest BCUT2D eigenvalue weighted by Crippen LogP contribution is 2.55. The number of carbonyl (C=O) groups is 2. The summed E-state index contributed by atoms with van der Waals surface area (Å²) >= 11 is 0. The van der Waals surface area contributed by atoms with Crippen molar-refractivity contribution in [2.24, 2.45) is 16.7 Å². The lowest BCUT2D eigenvalue weighted by atomic mass is 9.52. The molecule has 1 N–H and O–H groups in total. The molecule has 1 saturated carbocycles. The van der Waals surface area contributed by atoms with Crippen LogP contribution in [0.25, 0.3) is 0 Å². The summed E-state index contributed by atoms with van der Waals surface area (Å²) in [4.78, 5) is 24.5. The molecule has 0 spiro atoms. The predicted octanol–water partition coefficient (Wildman–Crippen LogP) is 3.74. The van der Waals surface area contributed by atoms with Gasteiger partial charge in [0, 0.05) is 11.5 Å². The number of amides is 1. The fourth-order valence-corrected chi connectivity index (χ4v) is 4.40. The third-order valence-electron chi connectivity index (χ3n) is 5.30. The van der Waals surface area contributed by atoms with Gasteiger partial charge in [0.15, 0.2) is 5.78 Å². The van der Waals surface area contributed by atoms with Gasteiger partial charge in [0.25, 0.3) is 0 Å². The van der Waals surface area contributed by atoms with Gasteiger partial charge in [0.2, 0.25) is 0 Å². The normalized spacial score (nSPS) is 32.2. The van der Waals surface area contributed by atoms with Gasteiger partial charge in [0.1, 0.15) is 11.7 Å². The van der Waals surface area contributed by atoms with E-state index in [1.54, 1.807) is 0 Å². The number of rotatable bonds is 1. The number of fused-ring (bicyclic) bond motifs is 1. The summed E-state index contributed by atoms with van der Waals surface area (Å²) < 4.78 is 5.34. The van der Waals surface area contributed by atoms with Crippen LogP contribution in [-0.4, -0.2) is 23.5 Å². The number of allylic oxidation sites excluding steroid dienone is 2. The van der Waals surface area contributed by atoms with Crippen molar-refractivity contribution in [1.29, 1.82) is 5.26 Å². The number of hydrogen-bond acceptors (Lipinski definition) is 4. The second-order valence-corrected chi connectivity index (χ2v) is 8.90. The zero-order valence-corrected chi connectivity index (χ0v) is 15.5. The first-order chi connectivity index (χ1) is 10.9. The molecule has 0 heterocycles. The first-order valence-corrected chi connectivity index (χ1v) is 8.56. The van der Waals surface area contributed by atoms with Crippen LogP contribution in [0.4, 0.5) is 4.79 Å². The average molecular weight is 332 g/mol. The number of nitriles is 1. The lowest BCUT2D eigenvalue weighted by Crippen LogP contribution is -2.53. The molecule has 5 nitrogen and oxygen atoms in total. The van der Waals surface area contributed by atoms with E-state index < -0.39 is 17.1 Å². The monoisotopic (exact) mass is 332 g/mol. The minimum Gasteiger partial charge on any atom is -0.444 e. The standard InChI is InChI=1S/C19H28N2O3/c1-17(2,3)24-16(23)21-13-7-8-14-18(4,5)15(22)12(11-20)9-19(14,6)10-13/h9,13-14H,7-8,10H2,1-6H3,(H,21,23)/t13?,14-,19+/m0/s1. The van der Waals surface area contributed by atoms with Gasteiger partial charge in [-0.25, -0.2) is 4.79 Å². The molecule has 2 rings (SSSR count). The summed E-state index contributed by atoms with van der Waals surface area (Å²) in [6.45, 7) is 11.5. The lowest BCUT2D eigenvalue weighted by Gasteiger charge is -2.52. The van der Waals surface area contributed by atoms with Gasteiger partial charge in [-0.2, -0.15) is 5.26 Å². The van der Waals surface area contributed by atoms with Crippen molar-refractivity contribution < 1.29 is 14.3 Å². The zero-order valence-electron chi connectivity index (χ0n) is 15.5. The molecule has 5 heteroatoms. The van der Waals surface area contributed by atoms with Gasteiger partial charge in [-0.05, 0) is 51.4 Å². The fourth-order valence-electron chi connectivity index (χ4n) is 4.40. The van der Waals surface area contributed by atoms with Crippen molar-refractivity contribution in [2.45, 2.75) is 72.4 Å². The highest BCUT2D eigenvalue weighted by atomic mass is 16.6. The van der Waals surface area contributed by atoms with E-state index in [9.17, 15) is 14.9 Å². The number of alkyl carbamates (subject to hydrolysis) is 1. The molecule has 1 unspecified atom stereocenters. The van der Waals surface area contributed by atoms with Gasteiger partial charge in [0.05, 0.1) is 5.57 Å². The van der Waals surface area contributed by atoms with E-state index in [1.807, 2.05) is 40.7 Å². The molecule has 0 aromatic carbocycles. The molecule has 0 saturated heterocycles. The smallest absolute Gasteiger partial charge is 0.407 e. The molecular formula is C19H28N2O3. The largest absolute Gasteiger partial charge is 0.444 e. The third kappa shape index (κ3) is 3.48. The molecular weight excluding hydrogens is 304 g/mol. The average Bonchev–Trinajstić information content (AvgIpc) is 2.40. The van der Waals surface area contributed by atoms with Crippen LogP contribution < -0.4 is 5.32 Å². The molecule has 2 aliphatic rings. The van der Waals surface area contributed by atoms with E-state index in [2.05, 4.69) is 18.3 Å². The summed E-state index contributed by atoms with van der Waals surface area (Å²) in [6, 6.07) is 2.04. The van der Waals surface area contributed by atoms with Crippen LogP contribution >= 0.6 is 0 Å². The topological polar surface area (TPSA) is 79.2 Å². The molecule has 0 aromatic heterocycles. The van der Waals surface area contributed by atoms with E-state index in [-0.39, 0.29) is 28.7 Å². The van der Waals surface area contributed by atoms with Crippen LogP contribution in [0.5, 0.6) is 0 Å². The Kier molecular flexibility index (Phi) is 4.56. The van der Waals surface area contributed by atoms with Crippen LogP contribution in [0.15, 0.2) is 11.6 Å². The Morgan fingerprint density at radius 3 is 2.50 bits per heavy atom. The molecule has 1 fully saturated rings. The second kappa shape index (κ2) is 5.91. The van der Waals surface area contributed by atoms with E-state index in [4.69, 9.17) is 4.74 Å². The summed E-state index contributed by atoms with van der Waals surface area (Å²) in [5.74, 6) is 0.109. The summed E-state index contributed by atoms with van der Waals surface area (Å²) in [5.41, 5.74) is -1.11. The van der Waals surface area contributed by atoms with Crippen molar-refractivity contribution in [2.75, 3.05) is 0 Å². The van der Waals surface area contributed by atoms with Crippen molar-refractivity contribution >= 4 is 11.9 Å². The molecule has 1 amide bonds. The van der Waals surface area contributed by atoms with Gasteiger partial charge in [-0.3, -0.25) is 4.79 Å². The third-order valence-corrected chi connectivity index (χ3v) is 5.30. The van der Waals surface area contributed by atoms with Crippen LogP contribution in [0.3, 0.4) is 0 Å². The predicted molar refractivity (Wildman–Crippen MR) is 91.1 cm³/mol. The minimum atomic E-state index is -0.550. The molecule has 3 atom stereocenters. The zero-order chi connectivity index (χ0) is 18.3. The van der Waals surface area contributed by atoms with Gasteiger partial charge >= 0.3 is 6.09 Å². The van der Waals surface area contributed by atoms with Crippen LogP contribution in [-0.2, 0) is 9.53 Å². The highest BCUT2D eigenvalue weighted by Gasteiger charge is 2.53. The quantitative estimate of drug-likeness (QED) is 0.793. The number of nitrogens with zero attached hydrogens (tertiary/aromatic N) is 1. The van der Waals surface area contributed by atoms with Crippen LogP contribution in [0, 0.1) is 28.1 Å². The van der Waals surface area contributed by atoms with Crippen molar-refractivity contribution in [3.8, 4) is 6.07 Å². The van der Waals surface area contributed by atoms with Gasteiger partial charge in [-0.15, -0.1) is 0 Å². The second-order valence-electron chi connectivity index (χ2n) is 8.90. The first kappa shape index (κ1) is 18.5. The molecule has 0 bridgehead atoms. The Labute approximate surface area is 144 Å². The number of ether oxygens (including phenoxy) is 1. The highest BCUT2D eigenvalue weighted by molar-refractivity contribution is 6.04. The first-order valence-electron chi connectivity index (χ1n) is 8.56. The Hall–Kier alpha value is -1.83. The maximum atomic E-state index is 12.5. The lowest BCUT2D eigenvalue weighted by molar-refractivity contribution is -0.131. The number of hydrogen-bond donors (Lipinski definition) is 1. The Morgan fingerprint density at radius 1 is 1.33 bits per heavy atom. The Bertz CT molecular complexity index is 622. The molecule has 0 aliphatic heterocycles. The van der Waals surface area contributed by atoms with Crippen LogP contribution in [0.1, 0.15) is 60.8 Å². The minimum absolute atomic E-state index is 0.0127. The van der Waals surface area contributed by atoms with Crippen LogP contribution in [0.2, 0.25) is 0 Å². The summed E-state index contributed by atoms with van der Waals surface area (Å²) in [6.07, 6.45) is 3.77. The number of nitrogens with one attached hydrogen (secondary N) is 1. The van der Waals surface area contributed by atoms with E-state index in [0.717, 1.165) is 12.8 Å².